The van der Waals surface area contributed by atoms with Crippen LogP contribution in [0.3, 0.4) is 0 Å². The Bertz CT molecular complexity index is 2600. The first-order valence-electron chi connectivity index (χ1n) is 17.5. The van der Waals surface area contributed by atoms with Gasteiger partial charge in [0.05, 0.1) is 21.6 Å². The van der Waals surface area contributed by atoms with Gasteiger partial charge in [0.2, 0.25) is 0 Å². The van der Waals surface area contributed by atoms with Gasteiger partial charge in [0.25, 0.3) is 28.6 Å². The summed E-state index contributed by atoms with van der Waals surface area (Å²) in [7, 11) is 0. The Kier molecular flexibility index (Phi) is 10.0. The van der Waals surface area contributed by atoms with Gasteiger partial charge in [-0.2, -0.15) is 5.10 Å². The Balaban J connectivity index is 1.01. The Labute approximate surface area is 312 Å². The smallest absolute Gasteiger partial charge is 0.272 e. The molecule has 1 fully saturated rings. The first kappa shape index (κ1) is 36.3. The summed E-state index contributed by atoms with van der Waals surface area (Å²) in [4.78, 5) is 73.3. The number of nitro groups is 1. The van der Waals surface area contributed by atoms with Gasteiger partial charge in [-0.15, -0.1) is 0 Å². The second-order valence-electron chi connectivity index (χ2n) is 13.4. The van der Waals surface area contributed by atoms with Gasteiger partial charge >= 0.3 is 0 Å². The number of piperazine rings is 1. The highest BCUT2D eigenvalue weighted by Gasteiger charge is 2.26. The normalized spacial score (nSPS) is 12.9. The van der Waals surface area contributed by atoms with Crippen LogP contribution in [-0.2, 0) is 13.0 Å². The lowest BCUT2D eigenvalue weighted by Crippen LogP contribution is -2.49. The molecule has 0 spiro atoms. The van der Waals surface area contributed by atoms with Gasteiger partial charge in [-0.1, -0.05) is 24.3 Å². The molecule has 1 aliphatic rings. The van der Waals surface area contributed by atoms with Crippen LogP contribution < -0.4 is 21.3 Å². The third-order valence-electron chi connectivity index (χ3n) is 9.69. The zero-order chi connectivity index (χ0) is 38.8. The van der Waals surface area contributed by atoms with Crippen molar-refractivity contribution in [1.82, 2.24) is 30.4 Å². The number of fused-ring (bicyclic) bond motifs is 1. The van der Waals surface area contributed by atoms with E-state index in [-0.39, 0.29) is 40.9 Å². The topological polar surface area (TPSA) is 187 Å². The maximum atomic E-state index is 15.0. The van der Waals surface area contributed by atoms with Crippen molar-refractivity contribution in [2.45, 2.75) is 26.8 Å². The highest BCUT2D eigenvalue weighted by atomic mass is 19.1. The van der Waals surface area contributed by atoms with Gasteiger partial charge in [0.1, 0.15) is 11.6 Å². The molecule has 4 heterocycles. The minimum Gasteiger partial charge on any atom is -0.353 e. The highest BCUT2D eigenvalue weighted by molar-refractivity contribution is 5.96. The van der Waals surface area contributed by atoms with Gasteiger partial charge in [-0.3, -0.25) is 29.3 Å². The van der Waals surface area contributed by atoms with Crippen molar-refractivity contribution in [1.29, 1.82) is 0 Å². The molecule has 7 rings (SSSR count). The van der Waals surface area contributed by atoms with Crippen LogP contribution in [0, 0.1) is 29.8 Å². The summed E-state index contributed by atoms with van der Waals surface area (Å²) in [5.74, 6) is -1.03. The van der Waals surface area contributed by atoms with E-state index in [4.69, 9.17) is 0 Å². The van der Waals surface area contributed by atoms with Crippen LogP contribution in [-0.4, -0.2) is 68.0 Å². The molecule has 0 radical (unpaired) electrons. The number of rotatable bonds is 9. The zero-order valence-electron chi connectivity index (χ0n) is 29.9. The number of carbonyl (C=O) groups is 2. The molecule has 3 aromatic carbocycles. The summed E-state index contributed by atoms with van der Waals surface area (Å²) in [6, 6.07) is 20.9. The van der Waals surface area contributed by atoms with Gasteiger partial charge < -0.3 is 20.1 Å². The van der Waals surface area contributed by atoms with Gasteiger partial charge in [0, 0.05) is 85.2 Å². The van der Waals surface area contributed by atoms with E-state index in [0.29, 0.717) is 82.0 Å². The number of aromatic nitrogens is 4. The molecule has 0 bridgehead atoms. The maximum absolute atomic E-state index is 15.0. The summed E-state index contributed by atoms with van der Waals surface area (Å²) in [5, 5.41) is 22.4. The molecule has 0 atom stereocenters. The van der Waals surface area contributed by atoms with E-state index >= 15 is 4.39 Å². The molecule has 15 heteroatoms. The van der Waals surface area contributed by atoms with Crippen LogP contribution in [0.1, 0.15) is 48.8 Å². The Hall–Kier alpha value is -7.03. The Morgan fingerprint density at radius 3 is 2.38 bits per heavy atom. The molecule has 278 valence electrons. The first-order valence-corrected chi connectivity index (χ1v) is 17.5. The standard InChI is InChI=1S/C40H35FN8O6/c1-23-15-24(2)44-38(51)33(23)22-43-37(50)28-18-27(19-29(20-28)49(54)55)26-8-10-36(42-21-26)47-11-13-48(14-12-47)40(53)32-16-25(7-9-34(32)41)17-35-30-5-3-4-6-31(30)39(52)46-45-35/h3-10,15-16,18-21H,11-14,17,22H2,1-2H3,(H,43,50)(H,44,51)(H,46,52). The number of H-pyrrole nitrogens is 2. The van der Waals surface area contributed by atoms with Crippen LogP contribution in [0.2, 0.25) is 0 Å². The molecule has 6 aromatic rings. The van der Waals surface area contributed by atoms with E-state index < -0.39 is 22.6 Å². The number of benzene rings is 3. The van der Waals surface area contributed by atoms with E-state index in [9.17, 15) is 29.3 Å². The number of aromatic amines is 2. The van der Waals surface area contributed by atoms with Crippen molar-refractivity contribution in [3.63, 3.8) is 0 Å². The highest BCUT2D eigenvalue weighted by Crippen LogP contribution is 2.28. The summed E-state index contributed by atoms with van der Waals surface area (Å²) in [5.41, 5.74) is 3.13. The summed E-state index contributed by atoms with van der Waals surface area (Å²) in [6.45, 7) is 4.96. The van der Waals surface area contributed by atoms with Crippen molar-refractivity contribution in [3.8, 4) is 11.1 Å². The predicted octanol–water partition coefficient (Wildman–Crippen LogP) is 4.82. The third-order valence-corrected chi connectivity index (χ3v) is 9.69. The summed E-state index contributed by atoms with van der Waals surface area (Å²) < 4.78 is 15.0. The molecule has 1 aliphatic heterocycles. The molecule has 55 heavy (non-hydrogen) atoms. The molecule has 0 unspecified atom stereocenters. The molecule has 0 aliphatic carbocycles. The summed E-state index contributed by atoms with van der Waals surface area (Å²) >= 11 is 0. The van der Waals surface area contributed by atoms with Crippen LogP contribution in [0.15, 0.2) is 94.6 Å². The molecule has 0 saturated carbocycles. The van der Waals surface area contributed by atoms with Crippen LogP contribution in [0.5, 0.6) is 0 Å². The SMILES string of the molecule is Cc1cc(C)c(CNC(=O)c2cc(-c3ccc(N4CCN(C(=O)c5cc(Cc6n[nH]c(=O)c7ccccc67)ccc5F)CC4)nc3)cc([N+](=O)[O-])c2)c(=O)[nH]1. The Morgan fingerprint density at radius 1 is 0.909 bits per heavy atom. The number of amides is 2. The minimum absolute atomic E-state index is 0.0499. The average Bonchev–Trinajstić information content (AvgIpc) is 3.19. The number of pyridine rings is 2. The predicted molar refractivity (Wildman–Crippen MR) is 204 cm³/mol. The maximum Gasteiger partial charge on any atom is 0.272 e. The van der Waals surface area contributed by atoms with Crippen LogP contribution >= 0.6 is 0 Å². The number of non-ortho nitro benzene ring substituents is 1. The number of hydrogen-bond acceptors (Lipinski definition) is 9. The molecule has 3 N–H and O–H groups in total. The third kappa shape index (κ3) is 7.71. The second kappa shape index (κ2) is 15.1. The van der Waals surface area contributed by atoms with Crippen molar-refractivity contribution in [2.24, 2.45) is 0 Å². The van der Waals surface area contributed by atoms with Gasteiger partial charge in [-0.05, 0) is 73.0 Å². The number of nitrogens with one attached hydrogen (secondary N) is 3. The van der Waals surface area contributed by atoms with Crippen LogP contribution in [0.25, 0.3) is 21.9 Å². The second-order valence-corrected chi connectivity index (χ2v) is 13.4. The molecule has 2 amide bonds. The van der Waals surface area contributed by atoms with Crippen molar-refractivity contribution in [3.05, 3.63) is 161 Å². The largest absolute Gasteiger partial charge is 0.353 e. The van der Waals surface area contributed by atoms with Crippen LogP contribution in [0.4, 0.5) is 15.9 Å². The van der Waals surface area contributed by atoms with Crippen molar-refractivity contribution in [2.75, 3.05) is 31.1 Å². The minimum atomic E-state index is -0.633. The molecule has 1 saturated heterocycles. The van der Waals surface area contributed by atoms with Crippen molar-refractivity contribution < 1.29 is 18.9 Å². The fourth-order valence-electron chi connectivity index (χ4n) is 6.79. The monoisotopic (exact) mass is 742 g/mol. The van der Waals surface area contributed by atoms with E-state index in [1.54, 1.807) is 67.4 Å². The van der Waals surface area contributed by atoms with E-state index in [0.717, 1.165) is 0 Å². The lowest BCUT2D eigenvalue weighted by Gasteiger charge is -2.35. The van der Waals surface area contributed by atoms with E-state index in [2.05, 4.69) is 25.5 Å². The average molecular weight is 743 g/mol. The molecular weight excluding hydrogens is 707 g/mol. The number of halogens is 1. The lowest BCUT2D eigenvalue weighted by molar-refractivity contribution is -0.384. The number of hydrogen-bond donors (Lipinski definition) is 3. The fourth-order valence-corrected chi connectivity index (χ4v) is 6.79. The van der Waals surface area contributed by atoms with Gasteiger partial charge in [0.15, 0.2) is 0 Å². The molecular formula is C40H35FN8O6. The van der Waals surface area contributed by atoms with Gasteiger partial charge in [-0.25, -0.2) is 14.5 Å². The number of anilines is 1. The fraction of sp³-hybridized carbons (Fsp3) is 0.200. The quantitative estimate of drug-likeness (QED) is 0.138. The lowest BCUT2D eigenvalue weighted by atomic mass is 10.0. The Morgan fingerprint density at radius 2 is 1.67 bits per heavy atom. The van der Waals surface area contributed by atoms with E-state index in [1.807, 2.05) is 11.0 Å². The van der Waals surface area contributed by atoms with E-state index in [1.165, 1.54) is 30.3 Å². The molecule has 3 aromatic heterocycles. The zero-order valence-corrected chi connectivity index (χ0v) is 29.9. The number of aryl methyl sites for hydroxylation is 2. The molecule has 14 nitrogen and oxygen atoms in total. The number of carbonyl (C=O) groups excluding carboxylic acids is 2. The number of nitro benzene ring substituents is 1. The summed E-state index contributed by atoms with van der Waals surface area (Å²) in [6.07, 6.45) is 1.85. The number of nitrogens with zero attached hydrogens (tertiary/aromatic N) is 5. The van der Waals surface area contributed by atoms with Crippen molar-refractivity contribution >= 4 is 34.1 Å². The first-order chi connectivity index (χ1) is 26.4.